The maximum absolute atomic E-state index is 15.6. The van der Waals surface area contributed by atoms with Crippen LogP contribution in [0.15, 0.2) is 60.7 Å². The molecule has 0 saturated carbocycles. The largest absolute Gasteiger partial charge is 0.399 e. The highest BCUT2D eigenvalue weighted by Gasteiger charge is 2.37. The second kappa shape index (κ2) is 9.19. The Bertz CT molecular complexity index is 1110. The van der Waals surface area contributed by atoms with Crippen LogP contribution in [0.5, 0.6) is 0 Å². The van der Waals surface area contributed by atoms with Gasteiger partial charge in [0.15, 0.2) is 11.6 Å². The lowest BCUT2D eigenvalue weighted by molar-refractivity contribution is 0.566. The Hall–Kier alpha value is -3.06. The molecule has 4 nitrogen and oxygen atoms in total. The molecule has 0 spiro atoms. The van der Waals surface area contributed by atoms with E-state index in [4.69, 9.17) is 11.5 Å². The fourth-order valence-electron chi connectivity index (χ4n) is 5.60. The van der Waals surface area contributed by atoms with Crippen LogP contribution >= 0.6 is 0 Å². The van der Waals surface area contributed by atoms with Gasteiger partial charge in [-0.2, -0.15) is 0 Å². The summed E-state index contributed by atoms with van der Waals surface area (Å²) >= 11 is 0. The summed E-state index contributed by atoms with van der Waals surface area (Å²) in [6, 6.07) is 20.7. The summed E-state index contributed by atoms with van der Waals surface area (Å²) in [6.07, 6.45) is 1.74. The van der Waals surface area contributed by atoms with Crippen LogP contribution in [0.4, 0.5) is 31.5 Å². The van der Waals surface area contributed by atoms with Crippen molar-refractivity contribution in [3.63, 3.8) is 0 Å². The van der Waals surface area contributed by atoms with E-state index >= 15 is 8.78 Å². The summed E-state index contributed by atoms with van der Waals surface area (Å²) in [6.45, 7) is 6.14. The minimum absolute atomic E-state index is 0.00964. The molecule has 2 aliphatic rings. The number of hydrogen-bond acceptors (Lipinski definition) is 4. The number of hydrogen-bond donors (Lipinski definition) is 2. The second-order valence-electron chi connectivity index (χ2n) is 10.8. The number of benzene rings is 3. The molecular formula is C28H34F2N4Si. The van der Waals surface area contributed by atoms with E-state index < -0.39 is 19.7 Å². The van der Waals surface area contributed by atoms with Crippen molar-refractivity contribution in [2.24, 2.45) is 0 Å². The molecule has 2 heterocycles. The van der Waals surface area contributed by atoms with Crippen LogP contribution < -0.4 is 21.3 Å². The summed E-state index contributed by atoms with van der Waals surface area (Å²) in [5.41, 5.74) is 16.1. The molecule has 2 saturated heterocycles. The molecule has 0 aromatic heterocycles. The van der Waals surface area contributed by atoms with E-state index in [2.05, 4.69) is 18.0 Å². The molecule has 2 aliphatic heterocycles. The fourth-order valence-corrected chi connectivity index (χ4v) is 7.60. The van der Waals surface area contributed by atoms with Gasteiger partial charge < -0.3 is 21.3 Å². The van der Waals surface area contributed by atoms with Crippen molar-refractivity contribution in [2.75, 3.05) is 34.4 Å². The van der Waals surface area contributed by atoms with Crippen LogP contribution in [0, 0.1) is 11.6 Å². The van der Waals surface area contributed by atoms with Crippen molar-refractivity contribution < 1.29 is 8.78 Å². The van der Waals surface area contributed by atoms with Crippen molar-refractivity contribution in [3.8, 4) is 0 Å². The molecule has 35 heavy (non-hydrogen) atoms. The summed E-state index contributed by atoms with van der Waals surface area (Å²) < 4.78 is 31.2. The first-order valence-electron chi connectivity index (χ1n) is 12.4. The van der Waals surface area contributed by atoms with Gasteiger partial charge in [-0.25, -0.2) is 8.78 Å². The van der Waals surface area contributed by atoms with E-state index in [1.54, 1.807) is 0 Å². The SMILES string of the molecule is C[Si]1(C)CCN(c2c(F)cc(N3[C@H](c4ccc(N)cc4)CC[C@H]3c3ccc(N)cc3)cc2F)CC1. The van der Waals surface area contributed by atoms with Gasteiger partial charge >= 0.3 is 0 Å². The third kappa shape index (κ3) is 4.74. The maximum atomic E-state index is 15.6. The lowest BCUT2D eigenvalue weighted by atomic mass is 10.0. The Kier molecular flexibility index (Phi) is 6.21. The average molecular weight is 493 g/mol. The van der Waals surface area contributed by atoms with Gasteiger partial charge in [-0.3, -0.25) is 0 Å². The van der Waals surface area contributed by atoms with Crippen LogP contribution in [0.1, 0.15) is 36.1 Å². The first-order valence-corrected chi connectivity index (χ1v) is 15.9. The van der Waals surface area contributed by atoms with E-state index in [1.807, 2.05) is 53.4 Å². The first-order chi connectivity index (χ1) is 16.7. The van der Waals surface area contributed by atoms with E-state index in [9.17, 15) is 0 Å². The quantitative estimate of drug-likeness (QED) is 0.313. The Labute approximate surface area is 207 Å². The van der Waals surface area contributed by atoms with Gasteiger partial charge in [0.1, 0.15) is 5.69 Å². The van der Waals surface area contributed by atoms with Crippen molar-refractivity contribution in [1.29, 1.82) is 0 Å². The zero-order valence-corrected chi connectivity index (χ0v) is 21.5. The number of anilines is 4. The highest BCUT2D eigenvalue weighted by Crippen LogP contribution is 2.48. The topological polar surface area (TPSA) is 58.5 Å². The highest BCUT2D eigenvalue weighted by molar-refractivity contribution is 6.77. The highest BCUT2D eigenvalue weighted by atomic mass is 28.3. The minimum atomic E-state index is -1.25. The van der Waals surface area contributed by atoms with Crippen LogP contribution in [-0.4, -0.2) is 21.2 Å². The van der Waals surface area contributed by atoms with E-state index in [0.29, 0.717) is 17.1 Å². The van der Waals surface area contributed by atoms with Gasteiger partial charge in [0.05, 0.1) is 20.2 Å². The number of nitrogens with zero attached hydrogens (tertiary/aromatic N) is 2. The standard InChI is InChI=1S/C28H34F2N4Si/c1-35(2)15-13-33(14-16-35)28-24(29)17-23(18-25(28)30)34-26(19-3-7-21(31)8-4-19)11-12-27(34)20-5-9-22(32)10-6-20/h3-10,17-18,26-27H,11-16,31-32H2,1-2H3/t26-,27-/m0/s1. The van der Waals surface area contributed by atoms with Crippen molar-refractivity contribution in [3.05, 3.63) is 83.4 Å². The van der Waals surface area contributed by atoms with Gasteiger partial charge in [-0.05, 0) is 72.5 Å². The predicted octanol–water partition coefficient (Wildman–Crippen LogP) is 6.74. The molecular weight excluding hydrogens is 458 g/mol. The average Bonchev–Trinajstić information content (AvgIpc) is 3.26. The molecule has 4 N–H and O–H groups in total. The van der Waals surface area contributed by atoms with Crippen LogP contribution in [-0.2, 0) is 0 Å². The van der Waals surface area contributed by atoms with Crippen LogP contribution in [0.3, 0.4) is 0 Å². The summed E-state index contributed by atoms with van der Waals surface area (Å²) in [5.74, 6) is -0.972. The molecule has 2 atom stereocenters. The molecule has 2 fully saturated rings. The number of nitrogen functional groups attached to an aromatic ring is 2. The predicted molar refractivity (Wildman–Crippen MR) is 145 cm³/mol. The Morgan fingerprint density at radius 1 is 0.743 bits per heavy atom. The zero-order valence-electron chi connectivity index (χ0n) is 20.5. The Morgan fingerprint density at radius 2 is 1.17 bits per heavy atom. The van der Waals surface area contributed by atoms with E-state index in [-0.39, 0.29) is 17.8 Å². The monoisotopic (exact) mass is 492 g/mol. The third-order valence-electron chi connectivity index (χ3n) is 7.76. The van der Waals surface area contributed by atoms with Gasteiger partial charge in [-0.1, -0.05) is 37.4 Å². The molecule has 184 valence electrons. The molecule has 7 heteroatoms. The lowest BCUT2D eigenvalue weighted by Gasteiger charge is -2.38. The number of rotatable bonds is 4. The Balaban J connectivity index is 1.53. The van der Waals surface area contributed by atoms with Crippen molar-refractivity contribution in [1.82, 2.24) is 0 Å². The molecule has 0 bridgehead atoms. The zero-order chi connectivity index (χ0) is 24.7. The minimum Gasteiger partial charge on any atom is -0.399 e. The van der Waals surface area contributed by atoms with E-state index in [0.717, 1.165) is 49.1 Å². The van der Waals surface area contributed by atoms with Crippen molar-refractivity contribution in [2.45, 2.75) is 50.1 Å². The fraction of sp³-hybridized carbons (Fsp3) is 0.357. The smallest absolute Gasteiger partial charge is 0.151 e. The second-order valence-corrected chi connectivity index (χ2v) is 16.1. The first kappa shape index (κ1) is 23.7. The molecule has 0 amide bonds. The lowest BCUT2D eigenvalue weighted by Crippen LogP contribution is -2.43. The van der Waals surface area contributed by atoms with Crippen molar-refractivity contribution >= 4 is 30.8 Å². The van der Waals surface area contributed by atoms with Gasteiger partial charge in [0.2, 0.25) is 0 Å². The molecule has 5 rings (SSSR count). The van der Waals surface area contributed by atoms with Gasteiger partial charge in [0.25, 0.3) is 0 Å². The van der Waals surface area contributed by atoms with Gasteiger partial charge in [0, 0.05) is 30.2 Å². The van der Waals surface area contributed by atoms with Crippen LogP contribution in [0.2, 0.25) is 25.2 Å². The Morgan fingerprint density at radius 3 is 1.60 bits per heavy atom. The van der Waals surface area contributed by atoms with E-state index in [1.165, 1.54) is 12.1 Å². The van der Waals surface area contributed by atoms with Gasteiger partial charge in [-0.15, -0.1) is 0 Å². The van der Waals surface area contributed by atoms with Crippen LogP contribution in [0.25, 0.3) is 0 Å². The third-order valence-corrected chi connectivity index (χ3v) is 10.9. The molecule has 0 aliphatic carbocycles. The molecule has 0 unspecified atom stereocenters. The number of nitrogens with two attached hydrogens (primary N) is 2. The molecule has 3 aromatic carbocycles. The number of halogens is 2. The summed E-state index contributed by atoms with van der Waals surface area (Å²) in [5, 5.41) is 0. The molecule has 3 aromatic rings. The molecule has 0 radical (unpaired) electrons. The maximum Gasteiger partial charge on any atom is 0.151 e. The summed E-state index contributed by atoms with van der Waals surface area (Å²) in [4.78, 5) is 4.06. The summed E-state index contributed by atoms with van der Waals surface area (Å²) in [7, 11) is -1.25. The normalized spacial score (nSPS) is 21.9.